The summed E-state index contributed by atoms with van der Waals surface area (Å²) < 4.78 is 51.2. The molecule has 0 fully saturated rings. The van der Waals surface area contributed by atoms with Gasteiger partial charge < -0.3 is 19.1 Å². The van der Waals surface area contributed by atoms with Crippen molar-refractivity contribution in [1.29, 1.82) is 5.26 Å². The van der Waals surface area contributed by atoms with Crippen LogP contribution in [0.15, 0.2) is 70.4 Å². The molecule has 0 amide bonds. The summed E-state index contributed by atoms with van der Waals surface area (Å²) in [4.78, 5) is 38.1. The van der Waals surface area contributed by atoms with Gasteiger partial charge in [0, 0.05) is 12.3 Å². The van der Waals surface area contributed by atoms with Gasteiger partial charge in [0.25, 0.3) is 5.56 Å². The Balaban J connectivity index is 1.82. The van der Waals surface area contributed by atoms with E-state index < -0.39 is 68.8 Å². The normalized spacial score (nSPS) is 15.4. The van der Waals surface area contributed by atoms with E-state index in [1.54, 1.807) is 50.2 Å². The number of hydrogen-bond donors (Lipinski definition) is 3. The van der Waals surface area contributed by atoms with Gasteiger partial charge in [0.05, 0.1) is 31.0 Å². The molecule has 0 saturated carbocycles. The number of halogens is 1. The van der Waals surface area contributed by atoms with E-state index in [9.17, 15) is 28.4 Å². The van der Waals surface area contributed by atoms with Crippen LogP contribution < -0.4 is 20.9 Å². The van der Waals surface area contributed by atoms with Gasteiger partial charge in [0.2, 0.25) is 0 Å². The highest BCUT2D eigenvalue weighted by Gasteiger charge is 2.34. The number of rotatable bonds is 15. The molecular formula is C29H34FN4O9P. The first-order chi connectivity index (χ1) is 20.8. The van der Waals surface area contributed by atoms with E-state index in [1.807, 2.05) is 4.98 Å². The Morgan fingerprint density at radius 3 is 2.20 bits per heavy atom. The van der Waals surface area contributed by atoms with Crippen molar-refractivity contribution in [3.8, 4) is 22.9 Å². The van der Waals surface area contributed by atoms with Gasteiger partial charge in [0.1, 0.15) is 24.1 Å². The Kier molecular flexibility index (Phi) is 12.2. The van der Waals surface area contributed by atoms with Crippen LogP contribution in [0.1, 0.15) is 39.5 Å². The van der Waals surface area contributed by atoms with Crippen LogP contribution in [0.25, 0.3) is 11.1 Å². The number of alkyl halides is 1. The second-order valence-electron chi connectivity index (χ2n) is 9.96. The molecule has 3 rings (SSSR count). The summed E-state index contributed by atoms with van der Waals surface area (Å²) >= 11 is 0. The van der Waals surface area contributed by atoms with E-state index in [-0.39, 0.29) is 5.75 Å². The molecule has 5 unspecified atom stereocenters. The molecule has 0 spiro atoms. The van der Waals surface area contributed by atoms with E-state index in [0.29, 0.717) is 5.56 Å². The number of nitrogens with zero attached hydrogens (tertiary/aromatic N) is 2. The Morgan fingerprint density at radius 2 is 1.68 bits per heavy atom. The monoisotopic (exact) mass is 632 g/mol. The molecular weight excluding hydrogens is 598 g/mol. The minimum atomic E-state index is -4.40. The van der Waals surface area contributed by atoms with Crippen LogP contribution >= 0.6 is 7.75 Å². The highest BCUT2D eigenvalue weighted by Crippen LogP contribution is 2.45. The number of benzene rings is 2. The third kappa shape index (κ3) is 9.70. The summed E-state index contributed by atoms with van der Waals surface area (Å²) in [5.74, 6) is -0.638. The molecule has 3 N–H and O–H groups in total. The Hall–Kier alpha value is -4.12. The zero-order valence-corrected chi connectivity index (χ0v) is 25.4. The maximum Gasteiger partial charge on any atom is 0.459 e. The van der Waals surface area contributed by atoms with Gasteiger partial charge in [0.15, 0.2) is 6.23 Å². The fourth-order valence-corrected chi connectivity index (χ4v) is 5.36. The van der Waals surface area contributed by atoms with Crippen molar-refractivity contribution in [2.75, 3.05) is 13.2 Å². The largest absolute Gasteiger partial charge is 0.462 e. The van der Waals surface area contributed by atoms with Crippen LogP contribution in [0.3, 0.4) is 0 Å². The quantitative estimate of drug-likeness (QED) is 0.165. The van der Waals surface area contributed by atoms with Crippen LogP contribution in [0, 0.1) is 11.3 Å². The average molecular weight is 633 g/mol. The third-order valence-electron chi connectivity index (χ3n) is 5.97. The lowest BCUT2D eigenvalue weighted by atomic mass is 10.0. The number of aliphatic hydroxyl groups is 1. The Morgan fingerprint density at radius 1 is 1.07 bits per heavy atom. The predicted molar refractivity (Wildman–Crippen MR) is 157 cm³/mol. The topological polar surface area (TPSA) is 182 Å². The molecule has 1 heterocycles. The number of carbonyl (C=O) groups excluding carboxylic acids is 1. The van der Waals surface area contributed by atoms with Crippen LogP contribution in [-0.4, -0.2) is 58.3 Å². The number of carbonyl (C=O) groups is 1. The van der Waals surface area contributed by atoms with Crippen LogP contribution in [0.4, 0.5) is 4.39 Å². The minimum Gasteiger partial charge on any atom is -0.462 e. The van der Waals surface area contributed by atoms with E-state index in [4.69, 9.17) is 23.8 Å². The zero-order valence-electron chi connectivity index (χ0n) is 24.5. The molecule has 0 bridgehead atoms. The van der Waals surface area contributed by atoms with Gasteiger partial charge in [-0.3, -0.25) is 23.7 Å². The van der Waals surface area contributed by atoms with Gasteiger partial charge in [-0.15, -0.1) is 0 Å². The molecule has 0 aliphatic carbocycles. The summed E-state index contributed by atoms with van der Waals surface area (Å²) in [7, 11) is -4.40. The van der Waals surface area contributed by atoms with Crippen LogP contribution in [0.2, 0.25) is 0 Å². The molecule has 236 valence electrons. The number of aromatic amines is 1. The standard InChI is InChI=1S/C29H34FN4O9P/c1-18(2)41-28(37)20(4)33-44(39,43-24-11-9-23(10-12-24)22-7-5-21(15-31)6-8-22)40-17-25(16-35)42-27(19(3)30)34-14-13-26(36)32-29(34)38/h5-14,18-20,25,27,35H,16-17H2,1-4H3,(H,33,39)(H,32,36,38). The SMILES string of the molecule is CC(C)OC(=O)C(C)NP(=O)(OCC(CO)OC(C(C)F)n1ccc(=O)[nH]c1=O)Oc1ccc(-c2ccc(C#N)cc2)cc1. The maximum atomic E-state index is 14.5. The van der Waals surface area contributed by atoms with Crippen molar-refractivity contribution in [3.05, 3.63) is 87.2 Å². The summed E-state index contributed by atoms with van der Waals surface area (Å²) in [6, 6.07) is 15.2. The van der Waals surface area contributed by atoms with Crippen molar-refractivity contribution in [3.63, 3.8) is 0 Å². The smallest absolute Gasteiger partial charge is 0.459 e. The minimum absolute atomic E-state index is 0.0965. The summed E-state index contributed by atoms with van der Waals surface area (Å²) in [5.41, 5.74) is 0.461. The number of esters is 1. The van der Waals surface area contributed by atoms with Crippen molar-refractivity contribution < 1.29 is 37.4 Å². The van der Waals surface area contributed by atoms with Crippen molar-refractivity contribution in [2.24, 2.45) is 0 Å². The number of aliphatic hydroxyl groups excluding tert-OH is 1. The fraction of sp³-hybridized carbons (Fsp3) is 0.379. The summed E-state index contributed by atoms with van der Waals surface area (Å²) in [5, 5.41) is 21.5. The highest BCUT2D eigenvalue weighted by molar-refractivity contribution is 7.52. The third-order valence-corrected chi connectivity index (χ3v) is 7.61. The van der Waals surface area contributed by atoms with Gasteiger partial charge in [-0.25, -0.2) is 13.8 Å². The lowest BCUT2D eigenvalue weighted by molar-refractivity contribution is -0.149. The lowest BCUT2D eigenvalue weighted by Gasteiger charge is -2.28. The molecule has 2 aromatic carbocycles. The van der Waals surface area contributed by atoms with Gasteiger partial charge >= 0.3 is 19.4 Å². The average Bonchev–Trinajstić information content (AvgIpc) is 2.97. The van der Waals surface area contributed by atoms with Gasteiger partial charge in [-0.1, -0.05) is 24.3 Å². The number of ether oxygens (including phenoxy) is 2. The molecule has 0 aliphatic rings. The van der Waals surface area contributed by atoms with E-state index in [0.717, 1.165) is 34.9 Å². The second-order valence-corrected chi connectivity index (χ2v) is 11.7. The molecule has 44 heavy (non-hydrogen) atoms. The molecule has 0 radical (unpaired) electrons. The Labute approximate surface area is 252 Å². The molecule has 13 nitrogen and oxygen atoms in total. The molecule has 15 heteroatoms. The maximum absolute atomic E-state index is 14.5. The molecule has 5 atom stereocenters. The van der Waals surface area contributed by atoms with E-state index in [2.05, 4.69) is 11.2 Å². The number of H-pyrrole nitrogens is 1. The first-order valence-electron chi connectivity index (χ1n) is 13.6. The molecule has 0 aliphatic heterocycles. The first-order valence-corrected chi connectivity index (χ1v) is 15.1. The van der Waals surface area contributed by atoms with Gasteiger partial charge in [-0.2, -0.15) is 10.3 Å². The highest BCUT2D eigenvalue weighted by atomic mass is 31.2. The molecule has 0 saturated heterocycles. The molecule has 1 aromatic heterocycles. The van der Waals surface area contributed by atoms with Crippen LogP contribution in [0.5, 0.6) is 5.75 Å². The first kappa shape index (κ1) is 34.4. The van der Waals surface area contributed by atoms with Crippen molar-refractivity contribution >= 4 is 13.7 Å². The van der Waals surface area contributed by atoms with E-state index in [1.165, 1.54) is 19.1 Å². The number of nitriles is 1. The summed E-state index contributed by atoms with van der Waals surface area (Å²) in [6.07, 6.45) is -4.10. The number of nitrogens with one attached hydrogen (secondary N) is 2. The zero-order chi connectivity index (χ0) is 32.4. The fourth-order valence-electron chi connectivity index (χ4n) is 3.83. The lowest BCUT2D eigenvalue weighted by Crippen LogP contribution is -2.40. The van der Waals surface area contributed by atoms with Crippen molar-refractivity contribution in [2.45, 2.75) is 58.3 Å². The van der Waals surface area contributed by atoms with Gasteiger partial charge in [-0.05, 0) is 63.1 Å². The second kappa shape index (κ2) is 15.6. The summed E-state index contributed by atoms with van der Waals surface area (Å²) in [6.45, 7) is 4.42. The molecule has 3 aromatic rings. The number of aromatic nitrogens is 2. The van der Waals surface area contributed by atoms with E-state index >= 15 is 0 Å². The predicted octanol–water partition coefficient (Wildman–Crippen LogP) is 3.44. The van der Waals surface area contributed by atoms with Crippen LogP contribution in [-0.2, 0) is 23.4 Å². The Bertz CT molecular complexity index is 1600. The number of hydrogen-bond acceptors (Lipinski definition) is 10. The van der Waals surface area contributed by atoms with Crippen molar-refractivity contribution in [1.82, 2.24) is 14.6 Å².